The topological polar surface area (TPSA) is 38.0 Å². The standard InChI is InChI=1S/C15H22N2/c1-11-6-5-7-12(2)15(11)14(10-16)17-13-8-3-4-9-13/h3-7,13-14,17H,8-10,16H2,1-2H3. The molecule has 0 saturated carbocycles. The molecule has 0 aliphatic heterocycles. The van der Waals surface area contributed by atoms with Crippen LogP contribution in [-0.4, -0.2) is 12.6 Å². The van der Waals surface area contributed by atoms with Crippen molar-refractivity contribution in [1.82, 2.24) is 5.32 Å². The molecule has 0 fully saturated rings. The zero-order valence-electron chi connectivity index (χ0n) is 10.7. The van der Waals surface area contributed by atoms with Crippen molar-refractivity contribution in [2.45, 2.75) is 38.8 Å². The predicted molar refractivity (Wildman–Crippen MR) is 73.0 cm³/mol. The molecule has 0 saturated heterocycles. The van der Waals surface area contributed by atoms with Gasteiger partial charge in [0, 0.05) is 18.6 Å². The smallest absolute Gasteiger partial charge is 0.0452 e. The van der Waals surface area contributed by atoms with Crippen LogP contribution in [0.15, 0.2) is 30.4 Å². The second kappa shape index (κ2) is 5.48. The average molecular weight is 230 g/mol. The molecule has 0 spiro atoms. The van der Waals surface area contributed by atoms with Crippen LogP contribution in [0.3, 0.4) is 0 Å². The van der Waals surface area contributed by atoms with E-state index in [1.807, 2.05) is 0 Å². The highest BCUT2D eigenvalue weighted by molar-refractivity contribution is 5.36. The van der Waals surface area contributed by atoms with Crippen molar-refractivity contribution in [3.8, 4) is 0 Å². The van der Waals surface area contributed by atoms with Gasteiger partial charge in [-0.15, -0.1) is 0 Å². The molecule has 1 aliphatic rings. The van der Waals surface area contributed by atoms with Crippen LogP contribution in [0.1, 0.15) is 35.6 Å². The third kappa shape index (κ3) is 2.76. The Morgan fingerprint density at radius 3 is 2.35 bits per heavy atom. The van der Waals surface area contributed by atoms with Crippen molar-refractivity contribution in [3.63, 3.8) is 0 Å². The lowest BCUT2D eigenvalue weighted by Crippen LogP contribution is -2.36. The molecule has 17 heavy (non-hydrogen) atoms. The number of hydrogen-bond donors (Lipinski definition) is 2. The third-order valence-corrected chi connectivity index (χ3v) is 3.57. The van der Waals surface area contributed by atoms with E-state index in [1.54, 1.807) is 0 Å². The highest BCUT2D eigenvalue weighted by Gasteiger charge is 2.19. The van der Waals surface area contributed by atoms with Crippen LogP contribution in [0.5, 0.6) is 0 Å². The molecule has 1 aliphatic carbocycles. The summed E-state index contributed by atoms with van der Waals surface area (Å²) in [5, 5.41) is 3.68. The molecule has 0 aromatic heterocycles. The summed E-state index contributed by atoms with van der Waals surface area (Å²) in [4.78, 5) is 0. The van der Waals surface area contributed by atoms with Crippen LogP contribution in [0.2, 0.25) is 0 Å². The molecule has 92 valence electrons. The van der Waals surface area contributed by atoms with Crippen molar-refractivity contribution in [2.24, 2.45) is 5.73 Å². The summed E-state index contributed by atoms with van der Waals surface area (Å²) in [6.45, 7) is 4.99. The molecule has 0 bridgehead atoms. The van der Waals surface area contributed by atoms with E-state index in [9.17, 15) is 0 Å². The van der Waals surface area contributed by atoms with Crippen LogP contribution in [0, 0.1) is 13.8 Å². The van der Waals surface area contributed by atoms with Gasteiger partial charge in [0.15, 0.2) is 0 Å². The minimum absolute atomic E-state index is 0.279. The van der Waals surface area contributed by atoms with Crippen LogP contribution in [-0.2, 0) is 0 Å². The van der Waals surface area contributed by atoms with Gasteiger partial charge in [0.25, 0.3) is 0 Å². The Bertz CT molecular complexity index is 381. The Morgan fingerprint density at radius 1 is 1.24 bits per heavy atom. The van der Waals surface area contributed by atoms with E-state index in [4.69, 9.17) is 5.73 Å². The van der Waals surface area contributed by atoms with Crippen LogP contribution < -0.4 is 11.1 Å². The largest absolute Gasteiger partial charge is 0.329 e. The van der Waals surface area contributed by atoms with E-state index in [2.05, 4.69) is 49.5 Å². The van der Waals surface area contributed by atoms with Gasteiger partial charge >= 0.3 is 0 Å². The highest BCUT2D eigenvalue weighted by atomic mass is 15.0. The molecule has 1 aromatic rings. The molecular weight excluding hydrogens is 208 g/mol. The zero-order chi connectivity index (χ0) is 12.3. The van der Waals surface area contributed by atoms with Crippen LogP contribution in [0.25, 0.3) is 0 Å². The summed E-state index contributed by atoms with van der Waals surface area (Å²) in [5.74, 6) is 0. The second-order valence-electron chi connectivity index (χ2n) is 4.90. The maximum Gasteiger partial charge on any atom is 0.0452 e. The van der Waals surface area contributed by atoms with Gasteiger partial charge in [0.05, 0.1) is 0 Å². The predicted octanol–water partition coefficient (Wildman–Crippen LogP) is 2.61. The van der Waals surface area contributed by atoms with Gasteiger partial charge in [-0.25, -0.2) is 0 Å². The lowest BCUT2D eigenvalue weighted by atomic mass is 9.95. The van der Waals surface area contributed by atoms with E-state index in [0.717, 1.165) is 12.8 Å². The molecule has 2 nitrogen and oxygen atoms in total. The number of hydrogen-bond acceptors (Lipinski definition) is 2. The Kier molecular flexibility index (Phi) is 3.97. The first-order valence-corrected chi connectivity index (χ1v) is 6.39. The first kappa shape index (κ1) is 12.3. The van der Waals surface area contributed by atoms with Crippen molar-refractivity contribution in [1.29, 1.82) is 0 Å². The van der Waals surface area contributed by atoms with Gasteiger partial charge in [0.2, 0.25) is 0 Å². The summed E-state index contributed by atoms with van der Waals surface area (Å²) in [6.07, 6.45) is 6.74. The number of nitrogens with two attached hydrogens (primary N) is 1. The van der Waals surface area contributed by atoms with E-state index in [1.165, 1.54) is 16.7 Å². The monoisotopic (exact) mass is 230 g/mol. The van der Waals surface area contributed by atoms with Gasteiger partial charge in [-0.1, -0.05) is 30.4 Å². The lowest BCUT2D eigenvalue weighted by Gasteiger charge is -2.25. The minimum Gasteiger partial charge on any atom is -0.329 e. The molecule has 0 amide bonds. The maximum atomic E-state index is 5.94. The average Bonchev–Trinajstić information content (AvgIpc) is 2.80. The molecular formula is C15H22N2. The first-order chi connectivity index (χ1) is 8.22. The lowest BCUT2D eigenvalue weighted by molar-refractivity contribution is 0.451. The molecule has 1 aromatic carbocycles. The minimum atomic E-state index is 0.279. The SMILES string of the molecule is Cc1cccc(C)c1C(CN)NC1CC=CC1. The molecule has 0 heterocycles. The van der Waals surface area contributed by atoms with E-state index in [-0.39, 0.29) is 6.04 Å². The summed E-state index contributed by atoms with van der Waals surface area (Å²) in [5.41, 5.74) is 9.98. The Morgan fingerprint density at radius 2 is 1.82 bits per heavy atom. The van der Waals surface area contributed by atoms with Gasteiger partial charge in [-0.2, -0.15) is 0 Å². The number of aryl methyl sites for hydroxylation is 2. The van der Waals surface area contributed by atoms with Crippen molar-refractivity contribution in [2.75, 3.05) is 6.54 Å². The van der Waals surface area contributed by atoms with Crippen molar-refractivity contribution in [3.05, 3.63) is 47.0 Å². The number of rotatable bonds is 4. The summed E-state index contributed by atoms with van der Waals surface area (Å²) < 4.78 is 0. The fourth-order valence-electron chi connectivity index (χ4n) is 2.68. The van der Waals surface area contributed by atoms with Gasteiger partial charge < -0.3 is 11.1 Å². The molecule has 2 heteroatoms. The Hall–Kier alpha value is -1.12. The Balaban J connectivity index is 2.16. The summed E-state index contributed by atoms with van der Waals surface area (Å²) >= 11 is 0. The van der Waals surface area contributed by atoms with E-state index in [0.29, 0.717) is 12.6 Å². The normalized spacial score (nSPS) is 17.6. The van der Waals surface area contributed by atoms with E-state index >= 15 is 0 Å². The highest BCUT2D eigenvalue weighted by Crippen LogP contribution is 2.23. The quantitative estimate of drug-likeness (QED) is 0.780. The molecule has 2 rings (SSSR count). The second-order valence-corrected chi connectivity index (χ2v) is 4.90. The van der Waals surface area contributed by atoms with E-state index < -0.39 is 0 Å². The third-order valence-electron chi connectivity index (χ3n) is 3.57. The number of benzene rings is 1. The van der Waals surface area contributed by atoms with Crippen molar-refractivity contribution >= 4 is 0 Å². The van der Waals surface area contributed by atoms with Gasteiger partial charge in [0.1, 0.15) is 0 Å². The number of nitrogens with one attached hydrogen (secondary N) is 1. The Labute approximate surface area is 104 Å². The zero-order valence-corrected chi connectivity index (χ0v) is 10.7. The van der Waals surface area contributed by atoms with Crippen molar-refractivity contribution < 1.29 is 0 Å². The maximum absolute atomic E-state index is 5.94. The van der Waals surface area contributed by atoms with Crippen LogP contribution >= 0.6 is 0 Å². The summed E-state index contributed by atoms with van der Waals surface area (Å²) in [7, 11) is 0. The summed E-state index contributed by atoms with van der Waals surface area (Å²) in [6, 6.07) is 7.28. The van der Waals surface area contributed by atoms with Gasteiger partial charge in [-0.05, 0) is 43.4 Å². The molecule has 1 unspecified atom stereocenters. The first-order valence-electron chi connectivity index (χ1n) is 6.39. The molecule has 1 atom stereocenters. The molecule has 0 radical (unpaired) electrons. The van der Waals surface area contributed by atoms with Gasteiger partial charge in [-0.3, -0.25) is 0 Å². The fourth-order valence-corrected chi connectivity index (χ4v) is 2.68. The van der Waals surface area contributed by atoms with Crippen LogP contribution in [0.4, 0.5) is 0 Å². The molecule has 3 N–H and O–H groups in total. The fraction of sp³-hybridized carbons (Fsp3) is 0.467.